The van der Waals surface area contributed by atoms with Gasteiger partial charge in [0.05, 0.1) is 0 Å². The van der Waals surface area contributed by atoms with Gasteiger partial charge in [0.1, 0.15) is 0 Å². The smallest absolute Gasteiger partial charge is 0.224 e. The van der Waals surface area contributed by atoms with Crippen molar-refractivity contribution in [2.75, 3.05) is 18.5 Å². The Balaban J connectivity index is 0.000000420. The Morgan fingerprint density at radius 3 is 2.12 bits per heavy atom. The molecule has 1 aromatic rings. The summed E-state index contributed by atoms with van der Waals surface area (Å²) in [5.41, 5.74) is 0.844. The molecule has 134 valence electrons. The van der Waals surface area contributed by atoms with Gasteiger partial charge in [0, 0.05) is 25.3 Å². The number of carbonyl (C=O) groups is 1. The molecule has 1 fully saturated rings. The quantitative estimate of drug-likeness (QED) is 0.694. The molecule has 0 bridgehead atoms. The fourth-order valence-corrected chi connectivity index (χ4v) is 2.57. The number of allylic oxidation sites excluding steroid dienone is 1. The Kier molecular flexibility index (Phi) is 13.5. The van der Waals surface area contributed by atoms with E-state index in [2.05, 4.69) is 25.1 Å². The van der Waals surface area contributed by atoms with Gasteiger partial charge in [-0.25, -0.2) is 0 Å². The van der Waals surface area contributed by atoms with E-state index in [0.717, 1.165) is 24.9 Å². The highest BCUT2D eigenvalue weighted by Crippen LogP contribution is 2.30. The first-order chi connectivity index (χ1) is 11.7. The van der Waals surface area contributed by atoms with Crippen molar-refractivity contribution in [2.24, 2.45) is 11.8 Å². The number of anilines is 1. The van der Waals surface area contributed by atoms with Gasteiger partial charge in [0.2, 0.25) is 5.91 Å². The van der Waals surface area contributed by atoms with Crippen molar-refractivity contribution in [1.29, 1.82) is 0 Å². The zero-order chi connectivity index (χ0) is 18.2. The number of carbonyl (C=O) groups excluding carboxylic acids is 1. The monoisotopic (exact) mass is 333 g/mol. The number of hydrogen-bond donors (Lipinski definition) is 3. The number of amides is 1. The number of rotatable bonds is 6. The molecular weight excluding hydrogens is 302 g/mol. The van der Waals surface area contributed by atoms with Gasteiger partial charge in [-0.2, -0.15) is 0 Å². The number of benzene rings is 1. The van der Waals surface area contributed by atoms with Crippen LogP contribution in [-0.2, 0) is 4.79 Å². The van der Waals surface area contributed by atoms with E-state index in [9.17, 15) is 4.79 Å². The molecule has 1 saturated carbocycles. The van der Waals surface area contributed by atoms with Crippen LogP contribution in [0.5, 0.6) is 0 Å². The summed E-state index contributed by atoms with van der Waals surface area (Å²) in [5.74, 6) is 0.802. The van der Waals surface area contributed by atoms with Gasteiger partial charge in [-0.3, -0.25) is 4.79 Å². The van der Waals surface area contributed by atoms with Crippen LogP contribution in [0.2, 0.25) is 0 Å². The topological polar surface area (TPSA) is 69.6 Å². The Bertz CT molecular complexity index is 437. The normalized spacial score (nSPS) is 18.4. The minimum absolute atomic E-state index is 0.0334. The minimum atomic E-state index is 0.0334. The summed E-state index contributed by atoms with van der Waals surface area (Å²) < 4.78 is 0. The summed E-state index contributed by atoms with van der Waals surface area (Å²) in [6, 6.07) is 9.43. The lowest BCUT2D eigenvalue weighted by molar-refractivity contribution is -0.116. The zero-order valence-corrected chi connectivity index (χ0v) is 14.5. The molecular formula is C20H31NO3. The average molecular weight is 333 g/mol. The van der Waals surface area contributed by atoms with Crippen LogP contribution in [0.4, 0.5) is 5.69 Å². The van der Waals surface area contributed by atoms with Crippen LogP contribution < -0.4 is 5.32 Å². The van der Waals surface area contributed by atoms with Crippen LogP contribution >= 0.6 is 0 Å². The highest BCUT2D eigenvalue weighted by Gasteiger charge is 2.25. The van der Waals surface area contributed by atoms with Crippen molar-refractivity contribution >= 4 is 11.6 Å². The fraction of sp³-hybridized carbons (Fsp3) is 0.450. The summed E-state index contributed by atoms with van der Waals surface area (Å²) in [6.45, 7) is 10.1. The number of hydrogen-bond acceptors (Lipinski definition) is 3. The molecule has 1 aromatic carbocycles. The van der Waals surface area contributed by atoms with Gasteiger partial charge in [0.15, 0.2) is 0 Å². The van der Waals surface area contributed by atoms with E-state index in [1.165, 1.54) is 6.42 Å². The van der Waals surface area contributed by atoms with Crippen molar-refractivity contribution in [3.63, 3.8) is 0 Å². The second kappa shape index (κ2) is 14.7. The zero-order valence-electron chi connectivity index (χ0n) is 14.5. The summed E-state index contributed by atoms with van der Waals surface area (Å²) in [7, 11) is 0. The maximum Gasteiger partial charge on any atom is 0.224 e. The Labute approximate surface area is 145 Å². The highest BCUT2D eigenvalue weighted by molar-refractivity contribution is 5.90. The van der Waals surface area contributed by atoms with Crippen LogP contribution in [0.3, 0.4) is 0 Å². The van der Waals surface area contributed by atoms with E-state index >= 15 is 0 Å². The van der Waals surface area contributed by atoms with E-state index < -0.39 is 0 Å². The second-order valence-corrected chi connectivity index (χ2v) is 5.56. The van der Waals surface area contributed by atoms with Crippen molar-refractivity contribution in [3.05, 3.63) is 56.1 Å². The molecule has 0 aliphatic heterocycles. The fourth-order valence-electron chi connectivity index (χ4n) is 2.57. The molecule has 1 amide bonds. The first-order valence-electron chi connectivity index (χ1n) is 8.38. The lowest BCUT2D eigenvalue weighted by Gasteiger charge is -2.12. The van der Waals surface area contributed by atoms with Crippen molar-refractivity contribution < 1.29 is 15.0 Å². The van der Waals surface area contributed by atoms with Crippen LogP contribution in [0.1, 0.15) is 32.1 Å². The summed E-state index contributed by atoms with van der Waals surface area (Å²) >= 11 is 0. The van der Waals surface area contributed by atoms with Crippen molar-refractivity contribution in [1.82, 2.24) is 0 Å². The van der Waals surface area contributed by atoms with Crippen LogP contribution in [0.15, 0.2) is 56.1 Å². The Morgan fingerprint density at radius 1 is 1.12 bits per heavy atom. The third-order valence-electron chi connectivity index (χ3n) is 3.92. The van der Waals surface area contributed by atoms with Crippen LogP contribution in [-0.4, -0.2) is 29.3 Å². The van der Waals surface area contributed by atoms with Crippen molar-refractivity contribution in [3.8, 4) is 0 Å². The molecule has 1 aliphatic rings. The van der Waals surface area contributed by atoms with E-state index in [-0.39, 0.29) is 19.1 Å². The van der Waals surface area contributed by atoms with E-state index in [4.69, 9.17) is 10.2 Å². The molecule has 2 rings (SSSR count). The molecule has 0 radical (unpaired) electrons. The molecule has 0 aromatic heterocycles. The lowest BCUT2D eigenvalue weighted by Crippen LogP contribution is -2.15. The standard InChI is InChI=1S/C11H13NO.C7H14O2.C2H4/c1-2-3-9-11(13)12-10-7-5-4-6-8-10;8-4-6-2-1-3-7(6)5-9;1-2/h2,4-8H,1,3,9H2,(H,12,13);6-9H,1-5H2;1-2H2. The third-order valence-corrected chi connectivity index (χ3v) is 3.92. The first-order valence-corrected chi connectivity index (χ1v) is 8.38. The van der Waals surface area contributed by atoms with E-state index in [0.29, 0.717) is 18.3 Å². The molecule has 0 heterocycles. The molecule has 0 saturated heterocycles. The average Bonchev–Trinajstić information content (AvgIpc) is 3.11. The highest BCUT2D eigenvalue weighted by atomic mass is 16.3. The van der Waals surface area contributed by atoms with Gasteiger partial charge in [-0.05, 0) is 43.2 Å². The predicted molar refractivity (Wildman–Crippen MR) is 101 cm³/mol. The first kappa shape index (κ1) is 22.1. The Hall–Kier alpha value is -1.91. The molecule has 4 nitrogen and oxygen atoms in total. The second-order valence-electron chi connectivity index (χ2n) is 5.56. The molecule has 2 atom stereocenters. The maximum atomic E-state index is 11.2. The summed E-state index contributed by atoms with van der Waals surface area (Å²) in [5, 5.41) is 20.3. The molecule has 2 unspecified atom stereocenters. The van der Waals surface area contributed by atoms with Gasteiger partial charge in [0.25, 0.3) is 0 Å². The van der Waals surface area contributed by atoms with Crippen LogP contribution in [0, 0.1) is 11.8 Å². The molecule has 0 spiro atoms. The number of para-hydroxylation sites is 1. The molecule has 1 aliphatic carbocycles. The van der Waals surface area contributed by atoms with E-state index in [1.807, 2.05) is 30.3 Å². The van der Waals surface area contributed by atoms with Gasteiger partial charge >= 0.3 is 0 Å². The third kappa shape index (κ3) is 9.28. The van der Waals surface area contributed by atoms with Gasteiger partial charge < -0.3 is 15.5 Å². The molecule has 3 N–H and O–H groups in total. The number of nitrogens with one attached hydrogen (secondary N) is 1. The maximum absolute atomic E-state index is 11.2. The summed E-state index contributed by atoms with van der Waals surface area (Å²) in [6.07, 6.45) is 6.33. The Morgan fingerprint density at radius 2 is 1.67 bits per heavy atom. The predicted octanol–water partition coefficient (Wildman–Crippen LogP) is 3.78. The molecule has 4 heteroatoms. The largest absolute Gasteiger partial charge is 0.396 e. The van der Waals surface area contributed by atoms with Gasteiger partial charge in [-0.15, -0.1) is 19.7 Å². The molecule has 24 heavy (non-hydrogen) atoms. The lowest BCUT2D eigenvalue weighted by atomic mass is 9.98. The number of aliphatic hydroxyl groups excluding tert-OH is 2. The van der Waals surface area contributed by atoms with Gasteiger partial charge in [-0.1, -0.05) is 30.7 Å². The minimum Gasteiger partial charge on any atom is -0.396 e. The van der Waals surface area contributed by atoms with Crippen molar-refractivity contribution in [2.45, 2.75) is 32.1 Å². The number of aliphatic hydroxyl groups is 2. The summed E-state index contributed by atoms with van der Waals surface area (Å²) in [4.78, 5) is 11.2. The SMILES string of the molecule is C=C.C=CCCC(=O)Nc1ccccc1.OCC1CCCC1CO. The van der Waals surface area contributed by atoms with E-state index in [1.54, 1.807) is 6.08 Å². The van der Waals surface area contributed by atoms with Crippen LogP contribution in [0.25, 0.3) is 0 Å².